The topological polar surface area (TPSA) is 71.1 Å². The second-order valence-electron chi connectivity index (χ2n) is 6.59. The van der Waals surface area contributed by atoms with Crippen LogP contribution in [-0.4, -0.2) is 22.8 Å². The van der Waals surface area contributed by atoms with Crippen molar-refractivity contribution in [2.24, 2.45) is 0 Å². The SMILES string of the molecule is Cc1ccc(CNC(=O)c2cncc(C(=O)NC3CCCC3)c2)cc1. The van der Waals surface area contributed by atoms with Crippen LogP contribution in [-0.2, 0) is 6.54 Å². The molecule has 1 saturated carbocycles. The van der Waals surface area contributed by atoms with Crippen LogP contribution in [0.25, 0.3) is 0 Å². The lowest BCUT2D eigenvalue weighted by atomic mass is 10.1. The minimum Gasteiger partial charge on any atom is -0.349 e. The van der Waals surface area contributed by atoms with Crippen molar-refractivity contribution < 1.29 is 9.59 Å². The Labute approximate surface area is 147 Å². The van der Waals surface area contributed by atoms with Crippen LogP contribution in [0.3, 0.4) is 0 Å². The Hall–Kier alpha value is -2.69. The lowest BCUT2D eigenvalue weighted by Gasteiger charge is -2.12. The van der Waals surface area contributed by atoms with E-state index in [-0.39, 0.29) is 17.9 Å². The molecule has 0 saturated heterocycles. The molecule has 130 valence electrons. The standard InChI is InChI=1S/C20H23N3O2/c1-14-6-8-15(9-7-14)11-22-19(24)16-10-17(13-21-12-16)20(25)23-18-4-2-3-5-18/h6-10,12-13,18H,2-5,11H2,1H3,(H,22,24)(H,23,25). The molecule has 2 amide bonds. The molecule has 1 fully saturated rings. The number of aryl methyl sites for hydroxylation is 1. The number of rotatable bonds is 5. The number of carbonyl (C=O) groups is 2. The van der Waals surface area contributed by atoms with Crippen LogP contribution in [0, 0.1) is 6.92 Å². The van der Waals surface area contributed by atoms with Gasteiger partial charge in [-0.15, -0.1) is 0 Å². The van der Waals surface area contributed by atoms with Crippen LogP contribution in [0.15, 0.2) is 42.7 Å². The summed E-state index contributed by atoms with van der Waals surface area (Å²) in [6.45, 7) is 2.47. The molecule has 5 nitrogen and oxygen atoms in total. The number of hydrogen-bond acceptors (Lipinski definition) is 3. The number of benzene rings is 1. The predicted molar refractivity (Wildman–Crippen MR) is 96.3 cm³/mol. The third kappa shape index (κ3) is 4.66. The molecule has 1 aliphatic carbocycles. The summed E-state index contributed by atoms with van der Waals surface area (Å²) in [4.78, 5) is 28.7. The Morgan fingerprint density at radius 2 is 1.68 bits per heavy atom. The largest absolute Gasteiger partial charge is 0.349 e. The quantitative estimate of drug-likeness (QED) is 0.881. The van der Waals surface area contributed by atoms with Crippen molar-refractivity contribution in [1.29, 1.82) is 0 Å². The van der Waals surface area contributed by atoms with Crippen LogP contribution in [0.4, 0.5) is 0 Å². The molecule has 1 aliphatic rings. The maximum absolute atomic E-state index is 12.3. The van der Waals surface area contributed by atoms with Gasteiger partial charge in [-0.3, -0.25) is 14.6 Å². The van der Waals surface area contributed by atoms with E-state index in [9.17, 15) is 9.59 Å². The zero-order valence-corrected chi connectivity index (χ0v) is 14.4. The van der Waals surface area contributed by atoms with Gasteiger partial charge in [0, 0.05) is 25.0 Å². The highest BCUT2D eigenvalue weighted by Gasteiger charge is 2.19. The molecule has 0 atom stereocenters. The van der Waals surface area contributed by atoms with Gasteiger partial charge >= 0.3 is 0 Å². The minimum atomic E-state index is -0.233. The second kappa shape index (κ2) is 7.92. The first kappa shape index (κ1) is 17.1. The molecule has 25 heavy (non-hydrogen) atoms. The molecule has 1 heterocycles. The van der Waals surface area contributed by atoms with Gasteiger partial charge in [-0.05, 0) is 31.4 Å². The molecule has 2 aromatic rings. The van der Waals surface area contributed by atoms with E-state index in [0.717, 1.165) is 31.2 Å². The maximum atomic E-state index is 12.3. The van der Waals surface area contributed by atoms with Crippen LogP contribution in [0.1, 0.15) is 57.5 Å². The van der Waals surface area contributed by atoms with Crippen molar-refractivity contribution in [1.82, 2.24) is 15.6 Å². The molecule has 1 aromatic carbocycles. The lowest BCUT2D eigenvalue weighted by Crippen LogP contribution is -2.33. The normalized spacial score (nSPS) is 14.3. The van der Waals surface area contributed by atoms with Crippen molar-refractivity contribution in [2.45, 2.75) is 45.2 Å². The van der Waals surface area contributed by atoms with Gasteiger partial charge in [-0.25, -0.2) is 0 Å². The van der Waals surface area contributed by atoms with Gasteiger partial charge in [0.15, 0.2) is 0 Å². The van der Waals surface area contributed by atoms with E-state index < -0.39 is 0 Å². The minimum absolute atomic E-state index is 0.160. The number of nitrogens with one attached hydrogen (secondary N) is 2. The van der Waals surface area contributed by atoms with E-state index in [4.69, 9.17) is 0 Å². The molecule has 0 bridgehead atoms. The number of pyridine rings is 1. The van der Waals surface area contributed by atoms with Gasteiger partial charge in [-0.1, -0.05) is 42.7 Å². The highest BCUT2D eigenvalue weighted by Crippen LogP contribution is 2.18. The van der Waals surface area contributed by atoms with Gasteiger partial charge in [0.2, 0.25) is 0 Å². The fourth-order valence-corrected chi connectivity index (χ4v) is 3.02. The van der Waals surface area contributed by atoms with Crippen molar-refractivity contribution >= 4 is 11.8 Å². The van der Waals surface area contributed by atoms with Crippen LogP contribution >= 0.6 is 0 Å². The highest BCUT2D eigenvalue weighted by atomic mass is 16.2. The smallest absolute Gasteiger partial charge is 0.253 e. The molecular weight excluding hydrogens is 314 g/mol. The molecule has 0 radical (unpaired) electrons. The molecule has 0 aliphatic heterocycles. The fourth-order valence-electron chi connectivity index (χ4n) is 3.02. The number of nitrogens with zero attached hydrogens (tertiary/aromatic N) is 1. The first-order valence-corrected chi connectivity index (χ1v) is 8.71. The van der Waals surface area contributed by atoms with Gasteiger partial charge in [0.1, 0.15) is 0 Å². The van der Waals surface area contributed by atoms with E-state index in [1.807, 2.05) is 31.2 Å². The second-order valence-corrected chi connectivity index (χ2v) is 6.59. The summed E-state index contributed by atoms with van der Waals surface area (Å²) in [6, 6.07) is 9.83. The number of amides is 2. The van der Waals surface area contributed by atoms with Crippen molar-refractivity contribution in [3.63, 3.8) is 0 Å². The van der Waals surface area contributed by atoms with Crippen molar-refractivity contribution in [3.8, 4) is 0 Å². The van der Waals surface area contributed by atoms with E-state index in [1.54, 1.807) is 6.07 Å². The van der Waals surface area contributed by atoms with E-state index in [1.165, 1.54) is 18.0 Å². The third-order valence-electron chi connectivity index (χ3n) is 4.53. The van der Waals surface area contributed by atoms with Gasteiger partial charge in [-0.2, -0.15) is 0 Å². The highest BCUT2D eigenvalue weighted by molar-refractivity contribution is 5.99. The Balaban J connectivity index is 1.60. The fraction of sp³-hybridized carbons (Fsp3) is 0.350. The first-order chi connectivity index (χ1) is 12.1. The number of aromatic nitrogens is 1. The molecule has 3 rings (SSSR count). The number of carbonyl (C=O) groups excluding carboxylic acids is 2. The van der Waals surface area contributed by atoms with Crippen LogP contribution in [0.5, 0.6) is 0 Å². The predicted octanol–water partition coefficient (Wildman–Crippen LogP) is 2.99. The molecule has 2 N–H and O–H groups in total. The third-order valence-corrected chi connectivity index (χ3v) is 4.53. The summed E-state index contributed by atoms with van der Waals surface area (Å²) in [5.74, 6) is -0.392. The Bertz CT molecular complexity index is 750. The molecule has 0 unspecified atom stereocenters. The Morgan fingerprint density at radius 1 is 1.04 bits per heavy atom. The van der Waals surface area contributed by atoms with E-state index in [2.05, 4.69) is 15.6 Å². The monoisotopic (exact) mass is 337 g/mol. The first-order valence-electron chi connectivity index (χ1n) is 8.71. The zero-order valence-electron chi connectivity index (χ0n) is 14.4. The van der Waals surface area contributed by atoms with Gasteiger partial charge < -0.3 is 10.6 Å². The van der Waals surface area contributed by atoms with E-state index >= 15 is 0 Å². The summed E-state index contributed by atoms with van der Waals surface area (Å²) >= 11 is 0. The summed E-state index contributed by atoms with van der Waals surface area (Å²) in [6.07, 6.45) is 7.35. The molecule has 0 spiro atoms. The van der Waals surface area contributed by atoms with Crippen molar-refractivity contribution in [2.75, 3.05) is 0 Å². The number of hydrogen-bond donors (Lipinski definition) is 2. The summed E-state index contributed by atoms with van der Waals surface area (Å²) in [5, 5.41) is 5.88. The van der Waals surface area contributed by atoms with Crippen LogP contribution in [0.2, 0.25) is 0 Å². The Morgan fingerprint density at radius 3 is 2.36 bits per heavy atom. The molecule has 1 aromatic heterocycles. The lowest BCUT2D eigenvalue weighted by molar-refractivity contribution is 0.0937. The van der Waals surface area contributed by atoms with E-state index in [0.29, 0.717) is 17.7 Å². The average molecular weight is 337 g/mol. The van der Waals surface area contributed by atoms with Gasteiger partial charge in [0.05, 0.1) is 11.1 Å². The summed E-state index contributed by atoms with van der Waals surface area (Å²) in [7, 11) is 0. The molecular formula is C20H23N3O2. The molecule has 5 heteroatoms. The average Bonchev–Trinajstić information content (AvgIpc) is 3.14. The van der Waals surface area contributed by atoms with Crippen molar-refractivity contribution in [3.05, 3.63) is 65.0 Å². The summed E-state index contributed by atoms with van der Waals surface area (Å²) < 4.78 is 0. The van der Waals surface area contributed by atoms with Crippen LogP contribution < -0.4 is 10.6 Å². The van der Waals surface area contributed by atoms with Gasteiger partial charge in [0.25, 0.3) is 11.8 Å². The zero-order chi connectivity index (χ0) is 17.6. The maximum Gasteiger partial charge on any atom is 0.253 e. The Kier molecular flexibility index (Phi) is 5.43. The summed E-state index contributed by atoms with van der Waals surface area (Å²) in [5.41, 5.74) is 3.03.